The molecule has 0 spiro atoms. The lowest BCUT2D eigenvalue weighted by molar-refractivity contribution is 0.0778. The number of nitrogens with zero attached hydrogens (tertiary/aromatic N) is 3. The summed E-state index contributed by atoms with van der Waals surface area (Å²) >= 11 is 0. The van der Waals surface area contributed by atoms with Gasteiger partial charge in [0.25, 0.3) is 5.91 Å². The zero-order chi connectivity index (χ0) is 17.6. The summed E-state index contributed by atoms with van der Waals surface area (Å²) in [6, 6.07) is 12.2. The number of hydrogen-bond acceptors (Lipinski definition) is 4. The molecule has 0 saturated heterocycles. The van der Waals surface area contributed by atoms with E-state index < -0.39 is 0 Å². The van der Waals surface area contributed by atoms with E-state index in [0.717, 1.165) is 28.5 Å². The van der Waals surface area contributed by atoms with Crippen molar-refractivity contribution in [3.8, 4) is 5.75 Å². The van der Waals surface area contributed by atoms with Crippen LogP contribution in [0.1, 0.15) is 29.4 Å². The summed E-state index contributed by atoms with van der Waals surface area (Å²) in [6.07, 6.45) is 5.49. The third-order valence-corrected chi connectivity index (χ3v) is 3.98. The van der Waals surface area contributed by atoms with Crippen molar-refractivity contribution in [3.05, 3.63) is 66.2 Å². The Bertz CT molecular complexity index is 865. The predicted octanol–water partition coefficient (Wildman–Crippen LogP) is 3.69. The smallest absolute Gasteiger partial charge is 0.274 e. The van der Waals surface area contributed by atoms with E-state index in [1.165, 1.54) is 12.4 Å². The number of carbonyl (C=O) groups excluding carboxylic acids is 1. The molecule has 1 heterocycles. The number of amides is 1. The van der Waals surface area contributed by atoms with E-state index in [4.69, 9.17) is 4.74 Å². The summed E-state index contributed by atoms with van der Waals surface area (Å²) in [5.74, 6) is 0.654. The third-order valence-electron chi connectivity index (χ3n) is 3.98. The monoisotopic (exact) mass is 335 g/mol. The fraction of sp³-hybridized carbons (Fsp3) is 0.250. The van der Waals surface area contributed by atoms with Crippen molar-refractivity contribution in [2.24, 2.45) is 0 Å². The minimum atomic E-state index is -0.164. The van der Waals surface area contributed by atoms with E-state index in [2.05, 4.69) is 29.0 Å². The molecular formula is C20H21N3O2. The van der Waals surface area contributed by atoms with Gasteiger partial charge in [0, 0.05) is 31.5 Å². The van der Waals surface area contributed by atoms with Crippen molar-refractivity contribution >= 4 is 16.7 Å². The lowest BCUT2D eigenvalue weighted by Gasteiger charge is -2.20. The van der Waals surface area contributed by atoms with Crippen molar-refractivity contribution in [3.63, 3.8) is 0 Å². The second-order valence-corrected chi connectivity index (χ2v) is 5.86. The first-order chi connectivity index (χ1) is 12.2. The summed E-state index contributed by atoms with van der Waals surface area (Å²) in [5, 5.41) is 2.22. The number of ether oxygens (including phenoxy) is 1. The lowest BCUT2D eigenvalue weighted by atomic mass is 10.0. The van der Waals surface area contributed by atoms with Crippen molar-refractivity contribution < 1.29 is 9.53 Å². The molecule has 1 amide bonds. The molecule has 128 valence electrons. The van der Waals surface area contributed by atoms with Crippen LogP contribution in [0, 0.1) is 0 Å². The van der Waals surface area contributed by atoms with Crippen molar-refractivity contribution in [2.45, 2.75) is 19.9 Å². The third kappa shape index (κ3) is 3.76. The van der Waals surface area contributed by atoms with Gasteiger partial charge in [0.2, 0.25) is 0 Å². The molecule has 0 fully saturated rings. The van der Waals surface area contributed by atoms with Crippen LogP contribution >= 0.6 is 0 Å². The lowest BCUT2D eigenvalue weighted by Crippen LogP contribution is -2.27. The molecule has 3 rings (SSSR count). The Morgan fingerprint density at radius 3 is 2.76 bits per heavy atom. The molecule has 25 heavy (non-hydrogen) atoms. The number of carbonyl (C=O) groups is 1. The normalized spacial score (nSPS) is 10.6. The molecule has 0 aliphatic carbocycles. The van der Waals surface area contributed by atoms with Gasteiger partial charge in [-0.15, -0.1) is 0 Å². The van der Waals surface area contributed by atoms with E-state index in [9.17, 15) is 4.79 Å². The Kier molecular flexibility index (Phi) is 5.23. The number of rotatable bonds is 6. The Morgan fingerprint density at radius 1 is 1.16 bits per heavy atom. The SMILES string of the molecule is CCCOc1ccc2ccccc2c1CN(C)C(=O)c1cnccn1. The highest BCUT2D eigenvalue weighted by Crippen LogP contribution is 2.29. The predicted molar refractivity (Wildman–Crippen MR) is 97.6 cm³/mol. The maximum Gasteiger partial charge on any atom is 0.274 e. The fourth-order valence-electron chi connectivity index (χ4n) is 2.74. The number of aromatic nitrogens is 2. The first-order valence-electron chi connectivity index (χ1n) is 8.35. The zero-order valence-corrected chi connectivity index (χ0v) is 14.5. The highest BCUT2D eigenvalue weighted by molar-refractivity contribution is 5.93. The van der Waals surface area contributed by atoms with Crippen LogP contribution in [0.25, 0.3) is 10.8 Å². The topological polar surface area (TPSA) is 55.3 Å². The van der Waals surface area contributed by atoms with Crippen LogP contribution in [0.5, 0.6) is 5.75 Å². The van der Waals surface area contributed by atoms with Crippen LogP contribution in [-0.4, -0.2) is 34.4 Å². The number of hydrogen-bond donors (Lipinski definition) is 0. The maximum atomic E-state index is 12.6. The van der Waals surface area contributed by atoms with Crippen LogP contribution < -0.4 is 4.74 Å². The fourth-order valence-corrected chi connectivity index (χ4v) is 2.74. The van der Waals surface area contributed by atoms with Crippen LogP contribution in [-0.2, 0) is 6.54 Å². The van der Waals surface area contributed by atoms with Gasteiger partial charge in [0.1, 0.15) is 11.4 Å². The molecule has 0 aliphatic heterocycles. The molecule has 0 radical (unpaired) electrons. The molecule has 3 aromatic rings. The maximum absolute atomic E-state index is 12.6. The van der Waals surface area contributed by atoms with Crippen LogP contribution in [0.15, 0.2) is 55.0 Å². The Hall–Kier alpha value is -2.95. The van der Waals surface area contributed by atoms with Crippen molar-refractivity contribution in [1.29, 1.82) is 0 Å². The highest BCUT2D eigenvalue weighted by atomic mass is 16.5. The molecular weight excluding hydrogens is 314 g/mol. The van der Waals surface area contributed by atoms with Gasteiger partial charge in [0.05, 0.1) is 12.8 Å². The van der Waals surface area contributed by atoms with Gasteiger partial charge in [-0.3, -0.25) is 9.78 Å². The molecule has 0 atom stereocenters. The second kappa shape index (κ2) is 7.75. The van der Waals surface area contributed by atoms with Gasteiger partial charge >= 0.3 is 0 Å². The van der Waals surface area contributed by atoms with Crippen LogP contribution in [0.2, 0.25) is 0 Å². The van der Waals surface area contributed by atoms with Crippen molar-refractivity contribution in [1.82, 2.24) is 14.9 Å². The van der Waals surface area contributed by atoms with Gasteiger partial charge in [-0.25, -0.2) is 4.98 Å². The van der Waals surface area contributed by atoms with Crippen molar-refractivity contribution in [2.75, 3.05) is 13.7 Å². The molecule has 5 heteroatoms. The zero-order valence-electron chi connectivity index (χ0n) is 14.5. The van der Waals surface area contributed by atoms with Crippen LogP contribution in [0.4, 0.5) is 0 Å². The van der Waals surface area contributed by atoms with Gasteiger partial charge in [-0.05, 0) is 23.3 Å². The van der Waals surface area contributed by atoms with Gasteiger partial charge < -0.3 is 9.64 Å². The molecule has 1 aromatic heterocycles. The summed E-state index contributed by atoms with van der Waals surface area (Å²) in [4.78, 5) is 22.3. The minimum Gasteiger partial charge on any atom is -0.493 e. The molecule has 2 aromatic carbocycles. The summed E-state index contributed by atoms with van der Waals surface area (Å²) in [6.45, 7) is 3.16. The quantitative estimate of drug-likeness (QED) is 0.689. The van der Waals surface area contributed by atoms with E-state index in [1.54, 1.807) is 18.1 Å². The average Bonchev–Trinajstić information content (AvgIpc) is 2.67. The summed E-state index contributed by atoms with van der Waals surface area (Å²) in [7, 11) is 1.77. The average molecular weight is 335 g/mol. The van der Waals surface area contributed by atoms with Crippen LogP contribution in [0.3, 0.4) is 0 Å². The van der Waals surface area contributed by atoms with E-state index in [-0.39, 0.29) is 5.91 Å². The standard InChI is InChI=1S/C20H21N3O2/c1-3-12-25-19-9-8-15-6-4-5-7-16(15)17(19)14-23(2)20(24)18-13-21-10-11-22-18/h4-11,13H,3,12,14H2,1-2H3. The molecule has 0 aliphatic rings. The Balaban J connectivity index is 1.94. The second-order valence-electron chi connectivity index (χ2n) is 5.86. The number of benzene rings is 2. The highest BCUT2D eigenvalue weighted by Gasteiger charge is 2.17. The largest absolute Gasteiger partial charge is 0.493 e. The molecule has 0 N–H and O–H groups in total. The van der Waals surface area contributed by atoms with Gasteiger partial charge in [-0.2, -0.15) is 0 Å². The Morgan fingerprint density at radius 2 is 2.00 bits per heavy atom. The molecule has 0 saturated carbocycles. The molecule has 0 bridgehead atoms. The molecule has 5 nitrogen and oxygen atoms in total. The van der Waals surface area contributed by atoms with E-state index in [1.807, 2.05) is 24.3 Å². The first-order valence-corrected chi connectivity index (χ1v) is 8.35. The summed E-state index contributed by atoms with van der Waals surface area (Å²) < 4.78 is 5.91. The van der Waals surface area contributed by atoms with E-state index >= 15 is 0 Å². The first kappa shape index (κ1) is 16.9. The number of fused-ring (bicyclic) bond motifs is 1. The van der Waals surface area contributed by atoms with Gasteiger partial charge in [-0.1, -0.05) is 37.3 Å². The van der Waals surface area contributed by atoms with Gasteiger partial charge in [0.15, 0.2) is 0 Å². The van der Waals surface area contributed by atoms with E-state index in [0.29, 0.717) is 18.8 Å². The molecule has 0 unspecified atom stereocenters. The summed E-state index contributed by atoms with van der Waals surface area (Å²) in [5.41, 5.74) is 1.34. The minimum absolute atomic E-state index is 0.164. The Labute approximate surface area is 147 Å².